The predicted octanol–water partition coefficient (Wildman–Crippen LogP) is 2.67. The van der Waals surface area contributed by atoms with Crippen molar-refractivity contribution in [1.82, 2.24) is 5.32 Å². The van der Waals surface area contributed by atoms with Crippen molar-refractivity contribution in [2.45, 2.75) is 22.3 Å². The molecule has 0 aliphatic carbocycles. The van der Waals surface area contributed by atoms with Gasteiger partial charge >= 0.3 is 5.97 Å². The lowest BCUT2D eigenvalue weighted by molar-refractivity contribution is -0.118. The molecule has 0 bridgehead atoms. The van der Waals surface area contributed by atoms with Gasteiger partial charge in [0.25, 0.3) is 0 Å². The largest absolute Gasteiger partial charge is 0.478 e. The van der Waals surface area contributed by atoms with E-state index in [9.17, 15) is 28.2 Å². The fourth-order valence-electron chi connectivity index (χ4n) is 3.44. The number of benzene rings is 3. The molecule has 3 aromatic carbocycles. The highest BCUT2D eigenvalue weighted by Gasteiger charge is 2.22. The van der Waals surface area contributed by atoms with Crippen LogP contribution >= 0.6 is 11.6 Å². The summed E-state index contributed by atoms with van der Waals surface area (Å²) >= 11 is 5.94. The molecule has 0 spiro atoms. The van der Waals surface area contributed by atoms with Crippen molar-refractivity contribution in [2.75, 3.05) is 25.0 Å². The Balaban J connectivity index is 1.64. The fourth-order valence-corrected chi connectivity index (χ4v) is 4.93. The van der Waals surface area contributed by atoms with Crippen molar-refractivity contribution in [1.29, 1.82) is 0 Å². The van der Waals surface area contributed by atoms with Crippen LogP contribution in [0.25, 0.3) is 0 Å². The number of sulfone groups is 1. The summed E-state index contributed by atoms with van der Waals surface area (Å²) < 4.78 is 26.1. The minimum absolute atomic E-state index is 0.0147. The number of aliphatic hydroxyl groups excluding tert-OH is 2. The number of amides is 1. The predicted molar refractivity (Wildman–Crippen MR) is 134 cm³/mol. The van der Waals surface area contributed by atoms with E-state index in [1.54, 1.807) is 36.4 Å². The van der Waals surface area contributed by atoms with Crippen LogP contribution in [0.3, 0.4) is 0 Å². The lowest BCUT2D eigenvalue weighted by Crippen LogP contribution is -2.23. The van der Waals surface area contributed by atoms with Crippen LogP contribution in [-0.2, 0) is 21.1 Å². The van der Waals surface area contributed by atoms with Crippen LogP contribution in [0.15, 0.2) is 76.5 Å². The van der Waals surface area contributed by atoms with Gasteiger partial charge in [-0.25, -0.2) is 13.2 Å². The first-order valence-electron chi connectivity index (χ1n) is 10.9. The SMILES string of the molecule is O=C(CO)Nc1ccc(S(=O)(=O)c2ccc(CCNC[C@H](O)c3cccc(Cl)c3)cc2)cc1C(=O)O. The molecule has 1 atom stereocenters. The molecule has 190 valence electrons. The second-order valence-corrected chi connectivity index (χ2v) is 10.3. The molecular formula is C25H25ClN2O7S. The first kappa shape index (κ1) is 27.3. The highest BCUT2D eigenvalue weighted by atomic mass is 35.5. The van der Waals surface area contributed by atoms with Crippen LogP contribution in [0.2, 0.25) is 5.02 Å². The third kappa shape index (κ3) is 6.90. The Bertz CT molecular complexity index is 1340. The standard InChI is InChI=1S/C25H25ClN2O7S/c26-18-3-1-2-17(12-18)23(30)14-27-11-10-16-4-6-19(7-5-16)36(34,35)20-8-9-22(28-24(31)15-29)21(13-20)25(32)33/h1-9,12-13,23,27,29-30H,10-11,14-15H2,(H,28,31)(H,32,33)/t23-/m0/s1. The van der Waals surface area contributed by atoms with Crippen molar-refractivity contribution in [2.24, 2.45) is 0 Å². The van der Waals surface area contributed by atoms with E-state index in [-0.39, 0.29) is 15.5 Å². The summed E-state index contributed by atoms with van der Waals surface area (Å²) in [6.45, 7) is 0.0314. The molecule has 9 nitrogen and oxygen atoms in total. The second-order valence-electron chi connectivity index (χ2n) is 7.89. The topological polar surface area (TPSA) is 153 Å². The Morgan fingerprint density at radius 3 is 2.31 bits per heavy atom. The summed E-state index contributed by atoms with van der Waals surface area (Å²) in [6.07, 6.45) is -0.124. The monoisotopic (exact) mass is 532 g/mol. The van der Waals surface area contributed by atoms with Crippen molar-refractivity contribution >= 4 is 39.0 Å². The zero-order valence-corrected chi connectivity index (χ0v) is 20.6. The number of carboxylic acid groups (broad SMARTS) is 1. The zero-order valence-electron chi connectivity index (χ0n) is 19.0. The number of anilines is 1. The van der Waals surface area contributed by atoms with E-state index >= 15 is 0 Å². The summed E-state index contributed by atoms with van der Waals surface area (Å²) in [5.74, 6) is -2.25. The lowest BCUT2D eigenvalue weighted by atomic mass is 10.1. The molecule has 0 aliphatic rings. The number of carbonyl (C=O) groups excluding carboxylic acids is 1. The third-order valence-corrected chi connectivity index (χ3v) is 7.35. The molecule has 0 aliphatic heterocycles. The molecule has 0 aromatic heterocycles. The van der Waals surface area contributed by atoms with Gasteiger partial charge in [-0.15, -0.1) is 0 Å². The Hall–Kier alpha value is -3.28. The molecule has 0 radical (unpaired) electrons. The summed E-state index contributed by atoms with van der Waals surface area (Å²) in [6, 6.07) is 16.5. The number of halogens is 1. The molecule has 5 N–H and O–H groups in total. The van der Waals surface area contributed by atoms with E-state index in [0.29, 0.717) is 30.1 Å². The molecule has 0 saturated heterocycles. The molecule has 3 aromatic rings. The van der Waals surface area contributed by atoms with Gasteiger partial charge in [0.15, 0.2) is 0 Å². The number of carboxylic acids is 1. The molecule has 3 rings (SSSR count). The number of aromatic carboxylic acids is 1. The Morgan fingerprint density at radius 1 is 0.972 bits per heavy atom. The van der Waals surface area contributed by atoms with E-state index < -0.39 is 40.0 Å². The van der Waals surface area contributed by atoms with Crippen LogP contribution in [-0.4, -0.2) is 55.3 Å². The summed E-state index contributed by atoms with van der Waals surface area (Å²) in [5, 5.41) is 34.4. The van der Waals surface area contributed by atoms with E-state index in [0.717, 1.165) is 11.6 Å². The smallest absolute Gasteiger partial charge is 0.337 e. The number of nitrogens with one attached hydrogen (secondary N) is 2. The van der Waals surface area contributed by atoms with Gasteiger partial charge in [-0.05, 0) is 66.6 Å². The van der Waals surface area contributed by atoms with Crippen LogP contribution in [0.1, 0.15) is 27.6 Å². The van der Waals surface area contributed by atoms with Gasteiger partial charge in [0.05, 0.1) is 27.1 Å². The summed E-state index contributed by atoms with van der Waals surface area (Å²) in [7, 11) is -4.02. The van der Waals surface area contributed by atoms with E-state index in [2.05, 4.69) is 10.6 Å². The first-order chi connectivity index (χ1) is 17.1. The molecule has 0 saturated carbocycles. The quantitative estimate of drug-likeness (QED) is 0.236. The summed E-state index contributed by atoms with van der Waals surface area (Å²) in [5.41, 5.74) is 1.04. The van der Waals surface area contributed by atoms with E-state index in [1.165, 1.54) is 24.3 Å². The molecule has 0 heterocycles. The average molecular weight is 533 g/mol. The van der Waals surface area contributed by atoms with Crippen molar-refractivity contribution in [3.8, 4) is 0 Å². The van der Waals surface area contributed by atoms with E-state index in [4.69, 9.17) is 16.7 Å². The van der Waals surface area contributed by atoms with Gasteiger partial charge in [0, 0.05) is 11.6 Å². The maximum absolute atomic E-state index is 13.0. The zero-order chi connectivity index (χ0) is 26.3. The molecule has 0 fully saturated rings. The van der Waals surface area contributed by atoms with Gasteiger partial charge in [-0.1, -0.05) is 35.9 Å². The molecule has 36 heavy (non-hydrogen) atoms. The molecular weight excluding hydrogens is 508 g/mol. The minimum atomic E-state index is -4.02. The lowest BCUT2D eigenvalue weighted by Gasteiger charge is -2.13. The Morgan fingerprint density at radius 2 is 1.67 bits per heavy atom. The van der Waals surface area contributed by atoms with Crippen LogP contribution in [0.4, 0.5) is 5.69 Å². The average Bonchev–Trinajstić information content (AvgIpc) is 2.86. The van der Waals surface area contributed by atoms with Crippen molar-refractivity contribution < 1.29 is 33.3 Å². The molecule has 1 amide bonds. The number of carbonyl (C=O) groups is 2. The van der Waals surface area contributed by atoms with Gasteiger partial charge in [-0.2, -0.15) is 0 Å². The van der Waals surface area contributed by atoms with Crippen molar-refractivity contribution in [3.05, 3.63) is 88.4 Å². The third-order valence-electron chi connectivity index (χ3n) is 5.34. The van der Waals surface area contributed by atoms with Gasteiger partial charge in [0.1, 0.15) is 6.61 Å². The highest BCUT2D eigenvalue weighted by Crippen LogP contribution is 2.26. The van der Waals surface area contributed by atoms with Gasteiger partial charge in [0.2, 0.25) is 15.7 Å². The number of rotatable bonds is 11. The van der Waals surface area contributed by atoms with Gasteiger partial charge in [-0.3, -0.25) is 4.79 Å². The van der Waals surface area contributed by atoms with Gasteiger partial charge < -0.3 is 26.0 Å². The summed E-state index contributed by atoms with van der Waals surface area (Å²) in [4.78, 5) is 22.7. The van der Waals surface area contributed by atoms with Crippen LogP contribution in [0, 0.1) is 0 Å². The van der Waals surface area contributed by atoms with Crippen molar-refractivity contribution in [3.63, 3.8) is 0 Å². The molecule has 11 heteroatoms. The van der Waals surface area contributed by atoms with E-state index in [1.807, 2.05) is 0 Å². The Labute approximate surface area is 213 Å². The fraction of sp³-hybridized carbons (Fsp3) is 0.200. The highest BCUT2D eigenvalue weighted by molar-refractivity contribution is 7.91. The maximum Gasteiger partial charge on any atom is 0.337 e. The number of hydrogen-bond acceptors (Lipinski definition) is 7. The second kappa shape index (κ2) is 12.1. The van der Waals surface area contributed by atoms with Crippen LogP contribution in [0.5, 0.6) is 0 Å². The first-order valence-corrected chi connectivity index (χ1v) is 12.7. The Kier molecular flexibility index (Phi) is 9.19. The number of aliphatic hydroxyl groups is 2. The molecule has 0 unspecified atom stereocenters. The number of hydrogen-bond donors (Lipinski definition) is 5. The van der Waals surface area contributed by atoms with Crippen LogP contribution < -0.4 is 10.6 Å². The maximum atomic E-state index is 13.0. The minimum Gasteiger partial charge on any atom is -0.478 e. The normalized spacial score (nSPS) is 12.2.